The molecule has 3 rings (SSSR count). The summed E-state index contributed by atoms with van der Waals surface area (Å²) in [6, 6.07) is 14.7. The van der Waals surface area contributed by atoms with Crippen molar-refractivity contribution in [1.29, 1.82) is 0 Å². The molecule has 0 spiro atoms. The first-order valence-corrected chi connectivity index (χ1v) is 6.71. The topological polar surface area (TPSA) is 39.2 Å². The monoisotopic (exact) mass is 293 g/mol. The highest BCUT2D eigenvalue weighted by Gasteiger charge is 2.03. The summed E-state index contributed by atoms with van der Waals surface area (Å²) >= 11 is 0. The van der Waals surface area contributed by atoms with Crippen molar-refractivity contribution < 1.29 is 13.9 Å². The highest BCUT2D eigenvalue weighted by atomic mass is 19.1. The van der Waals surface area contributed by atoms with Crippen molar-refractivity contribution in [3.8, 4) is 5.75 Å². The summed E-state index contributed by atoms with van der Waals surface area (Å²) in [5.41, 5.74) is 1.13. The van der Waals surface area contributed by atoms with Crippen molar-refractivity contribution in [1.82, 2.24) is 4.98 Å². The lowest BCUT2D eigenvalue weighted by molar-refractivity contribution is 0.104. The van der Waals surface area contributed by atoms with Crippen LogP contribution in [0.3, 0.4) is 0 Å². The van der Waals surface area contributed by atoms with E-state index in [2.05, 4.69) is 4.98 Å². The van der Waals surface area contributed by atoms with E-state index < -0.39 is 0 Å². The molecule has 1 aromatic heterocycles. The molecule has 0 fully saturated rings. The molecule has 108 valence electrons. The molecule has 22 heavy (non-hydrogen) atoms. The lowest BCUT2D eigenvalue weighted by Crippen LogP contribution is -1.95. The number of hydrogen-bond acceptors (Lipinski definition) is 3. The smallest absolute Gasteiger partial charge is 0.188 e. The predicted molar refractivity (Wildman–Crippen MR) is 82.2 cm³/mol. The quantitative estimate of drug-likeness (QED) is 0.412. The van der Waals surface area contributed by atoms with Gasteiger partial charge in [0, 0.05) is 23.2 Å². The van der Waals surface area contributed by atoms with E-state index in [4.69, 9.17) is 4.74 Å². The van der Waals surface area contributed by atoms with E-state index >= 15 is 0 Å². The van der Waals surface area contributed by atoms with Crippen LogP contribution in [-0.4, -0.2) is 10.8 Å². The summed E-state index contributed by atoms with van der Waals surface area (Å²) in [5, 5.41) is 0.957. The van der Waals surface area contributed by atoms with Gasteiger partial charge in [0.25, 0.3) is 0 Å². The Bertz CT molecular complexity index is 836. The minimum atomic E-state index is -0.376. The maximum atomic E-state index is 12.8. The van der Waals surface area contributed by atoms with Crippen molar-refractivity contribution in [2.45, 2.75) is 0 Å². The molecule has 0 saturated heterocycles. The summed E-state index contributed by atoms with van der Waals surface area (Å²) in [7, 11) is 0. The second-order valence-electron chi connectivity index (χ2n) is 4.62. The molecule has 2 aromatic carbocycles. The van der Waals surface area contributed by atoms with Crippen LogP contribution < -0.4 is 4.74 Å². The Hall–Kier alpha value is -3.01. The highest BCUT2D eigenvalue weighted by molar-refractivity contribution is 6.04. The first kappa shape index (κ1) is 13.9. The Labute approximate surface area is 126 Å². The number of aromatic nitrogens is 1. The van der Waals surface area contributed by atoms with Crippen molar-refractivity contribution in [3.63, 3.8) is 0 Å². The lowest BCUT2D eigenvalue weighted by Gasteiger charge is -2.03. The maximum Gasteiger partial charge on any atom is 0.188 e. The first-order chi connectivity index (χ1) is 10.7. The summed E-state index contributed by atoms with van der Waals surface area (Å²) < 4.78 is 18.3. The highest BCUT2D eigenvalue weighted by Crippen LogP contribution is 2.23. The van der Waals surface area contributed by atoms with E-state index in [9.17, 15) is 9.18 Å². The number of ether oxygens (including phenoxy) is 1. The van der Waals surface area contributed by atoms with Crippen LogP contribution >= 0.6 is 0 Å². The maximum absolute atomic E-state index is 12.8. The van der Waals surface area contributed by atoms with Crippen molar-refractivity contribution in [3.05, 3.63) is 84.5 Å². The summed E-state index contributed by atoms with van der Waals surface area (Å²) in [6.45, 7) is 0. The number of ketones is 1. The minimum Gasteiger partial charge on any atom is -0.463 e. The number of pyridine rings is 1. The van der Waals surface area contributed by atoms with Gasteiger partial charge in [0.1, 0.15) is 11.3 Å². The fourth-order valence-electron chi connectivity index (χ4n) is 2.05. The van der Waals surface area contributed by atoms with Gasteiger partial charge in [-0.2, -0.15) is 0 Å². The number of fused-ring (bicyclic) bond motifs is 1. The van der Waals surface area contributed by atoms with Gasteiger partial charge in [-0.3, -0.25) is 9.78 Å². The van der Waals surface area contributed by atoms with E-state index in [0.717, 1.165) is 10.9 Å². The van der Waals surface area contributed by atoms with Crippen molar-refractivity contribution >= 4 is 16.7 Å². The van der Waals surface area contributed by atoms with Crippen LogP contribution in [0.4, 0.5) is 4.39 Å². The van der Waals surface area contributed by atoms with Crippen LogP contribution in [0.25, 0.3) is 10.9 Å². The number of halogens is 1. The lowest BCUT2D eigenvalue weighted by atomic mass is 10.1. The summed E-state index contributed by atoms with van der Waals surface area (Å²) in [5.74, 6) is -0.0620. The SMILES string of the molecule is O=C(/C=C/Oc1cccc2cccnc12)c1ccc(F)cc1. The average molecular weight is 293 g/mol. The van der Waals surface area contributed by atoms with Gasteiger partial charge < -0.3 is 4.74 Å². The van der Waals surface area contributed by atoms with Crippen LogP contribution in [0.2, 0.25) is 0 Å². The summed E-state index contributed by atoms with van der Waals surface area (Å²) in [6.07, 6.45) is 4.30. The molecule has 0 aliphatic heterocycles. The fraction of sp³-hybridized carbons (Fsp3) is 0. The van der Waals surface area contributed by atoms with Crippen LogP contribution in [-0.2, 0) is 0 Å². The van der Waals surface area contributed by atoms with Gasteiger partial charge >= 0.3 is 0 Å². The zero-order valence-corrected chi connectivity index (χ0v) is 11.6. The largest absolute Gasteiger partial charge is 0.463 e. The summed E-state index contributed by atoms with van der Waals surface area (Å²) in [4.78, 5) is 16.2. The molecule has 0 unspecified atom stereocenters. The van der Waals surface area contributed by atoms with Crippen LogP contribution in [0.15, 0.2) is 73.1 Å². The van der Waals surface area contributed by atoms with Gasteiger partial charge in [-0.25, -0.2) is 4.39 Å². The Balaban J connectivity index is 1.76. The number of nitrogens with zero attached hydrogens (tertiary/aromatic N) is 1. The zero-order valence-electron chi connectivity index (χ0n) is 11.6. The second kappa shape index (κ2) is 6.18. The Morgan fingerprint density at radius 2 is 1.82 bits per heavy atom. The fourth-order valence-corrected chi connectivity index (χ4v) is 2.05. The molecule has 0 bridgehead atoms. The number of benzene rings is 2. The van der Waals surface area contributed by atoms with E-state index in [1.807, 2.05) is 24.3 Å². The number of carbonyl (C=O) groups excluding carboxylic acids is 1. The Kier molecular flexibility index (Phi) is 3.92. The van der Waals surface area contributed by atoms with Gasteiger partial charge in [0.05, 0.1) is 6.26 Å². The predicted octanol–water partition coefficient (Wildman–Crippen LogP) is 4.15. The number of carbonyl (C=O) groups is 1. The molecule has 3 nitrogen and oxygen atoms in total. The molecule has 0 radical (unpaired) electrons. The number of allylic oxidation sites excluding steroid dienone is 1. The number of rotatable bonds is 4. The first-order valence-electron chi connectivity index (χ1n) is 6.71. The van der Waals surface area contributed by atoms with Gasteiger partial charge in [0.15, 0.2) is 11.5 Å². The third-order valence-corrected chi connectivity index (χ3v) is 3.14. The average Bonchev–Trinajstić information content (AvgIpc) is 2.55. The number of para-hydroxylation sites is 1. The molecule has 0 aliphatic rings. The molecule has 4 heteroatoms. The zero-order chi connectivity index (χ0) is 15.4. The third kappa shape index (κ3) is 3.01. The van der Waals surface area contributed by atoms with Gasteiger partial charge in [-0.05, 0) is 36.4 Å². The van der Waals surface area contributed by atoms with Crippen molar-refractivity contribution in [2.75, 3.05) is 0 Å². The molecule has 0 N–H and O–H groups in total. The molecular formula is C18H12FNO2. The van der Waals surface area contributed by atoms with Crippen LogP contribution in [0.5, 0.6) is 5.75 Å². The minimum absolute atomic E-state index is 0.256. The molecule has 3 aromatic rings. The Morgan fingerprint density at radius 3 is 2.64 bits per heavy atom. The Morgan fingerprint density at radius 1 is 1.05 bits per heavy atom. The van der Waals surface area contributed by atoms with E-state index in [1.165, 1.54) is 36.6 Å². The second-order valence-corrected chi connectivity index (χ2v) is 4.62. The standard InChI is InChI=1S/C18H12FNO2/c19-15-8-6-13(7-9-15)16(21)10-12-22-17-5-1-3-14-4-2-11-20-18(14)17/h1-12H/b12-10+. The van der Waals surface area contributed by atoms with E-state index in [-0.39, 0.29) is 11.6 Å². The van der Waals surface area contributed by atoms with E-state index in [0.29, 0.717) is 11.3 Å². The third-order valence-electron chi connectivity index (χ3n) is 3.14. The molecule has 0 aliphatic carbocycles. The molecular weight excluding hydrogens is 281 g/mol. The molecule has 1 heterocycles. The van der Waals surface area contributed by atoms with Gasteiger partial charge in [-0.1, -0.05) is 18.2 Å². The van der Waals surface area contributed by atoms with Crippen LogP contribution in [0, 0.1) is 5.82 Å². The van der Waals surface area contributed by atoms with Gasteiger partial charge in [-0.15, -0.1) is 0 Å². The van der Waals surface area contributed by atoms with E-state index in [1.54, 1.807) is 12.3 Å². The van der Waals surface area contributed by atoms with Gasteiger partial charge in [0.2, 0.25) is 0 Å². The number of hydrogen-bond donors (Lipinski definition) is 0. The molecule has 0 atom stereocenters. The van der Waals surface area contributed by atoms with Crippen LogP contribution in [0.1, 0.15) is 10.4 Å². The molecule has 0 amide bonds. The normalized spacial score (nSPS) is 11.0. The van der Waals surface area contributed by atoms with Crippen molar-refractivity contribution in [2.24, 2.45) is 0 Å². The molecule has 0 saturated carbocycles.